The van der Waals surface area contributed by atoms with Gasteiger partial charge < -0.3 is 13.7 Å². The number of carbonyl (C=O) groups is 2. The van der Waals surface area contributed by atoms with E-state index in [-0.39, 0.29) is 11.8 Å². The minimum Gasteiger partial charge on any atom is -0.350 e. The van der Waals surface area contributed by atoms with Gasteiger partial charge in [0.1, 0.15) is 0 Å². The molecule has 0 aliphatic carbocycles. The third-order valence-corrected chi connectivity index (χ3v) is 6.69. The molecule has 2 aromatic carbocycles. The molecule has 162 valence electrons. The van der Waals surface area contributed by atoms with Crippen molar-refractivity contribution in [1.82, 2.24) is 24.0 Å². The van der Waals surface area contributed by atoms with Gasteiger partial charge in [-0.25, -0.2) is 4.98 Å². The van der Waals surface area contributed by atoms with Crippen molar-refractivity contribution in [3.05, 3.63) is 83.1 Å². The zero-order chi connectivity index (χ0) is 22.9. The fourth-order valence-corrected chi connectivity index (χ4v) is 5.02. The van der Waals surface area contributed by atoms with Gasteiger partial charge in [-0.3, -0.25) is 14.9 Å². The van der Waals surface area contributed by atoms with Gasteiger partial charge in [0.25, 0.3) is 11.8 Å². The molecule has 6 rings (SSSR count). The molecule has 0 saturated heterocycles. The summed E-state index contributed by atoms with van der Waals surface area (Å²) in [5.74, 6) is -0.757. The molecule has 0 fully saturated rings. The van der Waals surface area contributed by atoms with E-state index in [4.69, 9.17) is 0 Å². The third kappa shape index (κ3) is 2.91. The molecule has 0 atom stereocenters. The molecule has 33 heavy (non-hydrogen) atoms. The number of aromatic nitrogens is 4. The molecule has 0 radical (unpaired) electrons. The summed E-state index contributed by atoms with van der Waals surface area (Å²) in [4.78, 5) is 30.2. The van der Waals surface area contributed by atoms with Crippen molar-refractivity contribution in [2.75, 3.05) is 0 Å². The van der Waals surface area contributed by atoms with Crippen LogP contribution in [0, 0.1) is 0 Å². The minimum absolute atomic E-state index is 0.377. The third-order valence-electron chi connectivity index (χ3n) is 6.20. The van der Waals surface area contributed by atoms with Crippen LogP contribution < -0.4 is 5.32 Å². The maximum atomic E-state index is 13.0. The number of aryl methyl sites for hydroxylation is 2. The summed E-state index contributed by atoms with van der Waals surface area (Å²) in [6.07, 6.45) is 9.18. The molecule has 1 aliphatic rings. The Morgan fingerprint density at radius 2 is 1.45 bits per heavy atom. The van der Waals surface area contributed by atoms with Crippen LogP contribution in [-0.2, 0) is 23.7 Å². The van der Waals surface area contributed by atoms with Crippen molar-refractivity contribution in [1.29, 1.82) is 0 Å². The number of amides is 2. The smallest absolute Gasteiger partial charge is 0.259 e. The lowest BCUT2D eigenvalue weighted by atomic mass is 9.95. The zero-order valence-corrected chi connectivity index (χ0v) is 19.4. The molecule has 0 saturated carbocycles. The number of imide groups is 1. The molecule has 7 nitrogen and oxygen atoms in total. The van der Waals surface area contributed by atoms with Gasteiger partial charge in [0.05, 0.1) is 23.0 Å². The van der Waals surface area contributed by atoms with Crippen molar-refractivity contribution >= 4 is 60.7 Å². The summed E-state index contributed by atoms with van der Waals surface area (Å²) >= 11 is 3.51. The Labute approximate surface area is 197 Å². The van der Waals surface area contributed by atoms with Gasteiger partial charge in [0.15, 0.2) is 0 Å². The number of nitrogens with zero attached hydrogens (tertiary/aromatic N) is 4. The Bertz CT molecular complexity index is 1650. The van der Waals surface area contributed by atoms with Gasteiger partial charge in [-0.05, 0) is 24.3 Å². The van der Waals surface area contributed by atoms with Crippen molar-refractivity contribution in [2.24, 2.45) is 14.1 Å². The summed E-state index contributed by atoms with van der Waals surface area (Å²) in [6, 6.07) is 11.9. The molecule has 1 aliphatic heterocycles. The Kier molecular flexibility index (Phi) is 4.22. The first kappa shape index (κ1) is 19.8. The summed E-state index contributed by atoms with van der Waals surface area (Å²) in [6.45, 7) is 0. The summed E-state index contributed by atoms with van der Waals surface area (Å²) in [5, 5.41) is 4.34. The number of fused-ring (bicyclic) bond motifs is 2. The highest BCUT2D eigenvalue weighted by Gasteiger charge is 2.35. The summed E-state index contributed by atoms with van der Waals surface area (Å²) < 4.78 is 6.83. The highest BCUT2D eigenvalue weighted by molar-refractivity contribution is 9.10. The number of rotatable bonds is 3. The first-order valence-corrected chi connectivity index (χ1v) is 11.1. The van der Waals surface area contributed by atoms with Gasteiger partial charge in [-0.2, -0.15) is 0 Å². The Morgan fingerprint density at radius 1 is 0.848 bits per heavy atom. The molecule has 4 heterocycles. The van der Waals surface area contributed by atoms with E-state index in [1.807, 2.05) is 82.8 Å². The maximum Gasteiger partial charge on any atom is 0.259 e. The van der Waals surface area contributed by atoms with E-state index < -0.39 is 0 Å². The van der Waals surface area contributed by atoms with E-state index in [0.29, 0.717) is 11.1 Å². The number of halogens is 1. The van der Waals surface area contributed by atoms with Gasteiger partial charge >= 0.3 is 0 Å². The highest BCUT2D eigenvalue weighted by atomic mass is 79.9. The monoisotopic (exact) mass is 499 g/mol. The predicted molar refractivity (Wildman–Crippen MR) is 131 cm³/mol. The van der Waals surface area contributed by atoms with Crippen LogP contribution in [0.25, 0.3) is 38.6 Å². The average molecular weight is 500 g/mol. The highest BCUT2D eigenvalue weighted by Crippen LogP contribution is 2.39. The first-order chi connectivity index (χ1) is 15.9. The van der Waals surface area contributed by atoms with Crippen LogP contribution in [0.4, 0.5) is 0 Å². The predicted octanol–water partition coefficient (Wildman–Crippen LogP) is 4.19. The van der Waals surface area contributed by atoms with Crippen LogP contribution in [0.3, 0.4) is 0 Å². The number of imidazole rings is 1. The van der Waals surface area contributed by atoms with Crippen LogP contribution in [0.15, 0.2) is 72.0 Å². The second kappa shape index (κ2) is 7.05. The molecule has 5 aromatic rings. The van der Waals surface area contributed by atoms with Crippen molar-refractivity contribution < 1.29 is 9.59 Å². The lowest BCUT2D eigenvalue weighted by Crippen LogP contribution is -2.22. The summed E-state index contributed by atoms with van der Waals surface area (Å²) in [7, 11) is 3.87. The number of carbonyl (C=O) groups excluding carboxylic acids is 2. The van der Waals surface area contributed by atoms with Crippen LogP contribution in [0.5, 0.6) is 0 Å². The van der Waals surface area contributed by atoms with Crippen LogP contribution in [0.2, 0.25) is 0 Å². The van der Waals surface area contributed by atoms with Gasteiger partial charge in [0.2, 0.25) is 0 Å². The Balaban J connectivity index is 1.62. The lowest BCUT2D eigenvalue weighted by molar-refractivity contribution is -0.122. The topological polar surface area (TPSA) is 73.8 Å². The summed E-state index contributed by atoms with van der Waals surface area (Å²) in [5.41, 5.74) is 5.17. The minimum atomic E-state index is -0.379. The van der Waals surface area contributed by atoms with Crippen molar-refractivity contribution in [2.45, 2.75) is 0 Å². The van der Waals surface area contributed by atoms with Gasteiger partial charge in [0, 0.05) is 76.5 Å². The first-order valence-electron chi connectivity index (χ1n) is 10.3. The molecular weight excluding hydrogens is 482 g/mol. The van der Waals surface area contributed by atoms with E-state index in [1.54, 1.807) is 12.5 Å². The molecular formula is C25H18BrN5O2. The van der Waals surface area contributed by atoms with Crippen LogP contribution >= 0.6 is 15.9 Å². The van der Waals surface area contributed by atoms with E-state index in [0.717, 1.165) is 43.1 Å². The maximum absolute atomic E-state index is 13.0. The number of benzene rings is 2. The van der Waals surface area contributed by atoms with Gasteiger partial charge in [-0.1, -0.05) is 28.1 Å². The molecule has 0 spiro atoms. The fraction of sp³-hybridized carbons (Fsp3) is 0.0800. The van der Waals surface area contributed by atoms with E-state index in [2.05, 4.69) is 26.2 Å². The quantitative estimate of drug-likeness (QED) is 0.378. The normalized spacial score (nSPS) is 14.2. The van der Waals surface area contributed by atoms with Crippen LogP contribution in [0.1, 0.15) is 11.1 Å². The molecule has 0 unspecified atom stereocenters. The molecule has 3 aromatic heterocycles. The standard InChI is InChI=1S/C25H18BrN5O2/c1-29-11-18(16-5-3-14(26)9-20(16)29)22-23(25(33)28-24(22)32)19-12-30(2)21-10-15(4-6-17(19)21)31-8-7-27-13-31/h3-13H,1-2H3,(H,28,32,33). The lowest BCUT2D eigenvalue weighted by Gasteiger charge is -2.05. The van der Waals surface area contributed by atoms with Crippen LogP contribution in [-0.4, -0.2) is 30.5 Å². The zero-order valence-electron chi connectivity index (χ0n) is 17.8. The Morgan fingerprint density at radius 3 is 2.06 bits per heavy atom. The fourth-order valence-electron chi connectivity index (χ4n) is 4.67. The molecule has 0 bridgehead atoms. The second-order valence-electron chi connectivity index (χ2n) is 8.17. The van der Waals surface area contributed by atoms with Gasteiger partial charge in [-0.15, -0.1) is 0 Å². The van der Waals surface area contributed by atoms with Crippen molar-refractivity contribution in [3.63, 3.8) is 0 Å². The van der Waals surface area contributed by atoms with E-state index in [9.17, 15) is 9.59 Å². The SMILES string of the molecule is Cn1cc(C2=C(c3cn(C)c4cc(-n5ccnc5)ccc34)C(=O)NC2=O)c2ccc(Br)cc21. The Hall–Kier alpha value is -3.91. The average Bonchev–Trinajstić information content (AvgIpc) is 3.55. The number of hydrogen-bond acceptors (Lipinski definition) is 3. The largest absolute Gasteiger partial charge is 0.350 e. The second-order valence-corrected chi connectivity index (χ2v) is 9.09. The number of nitrogens with one attached hydrogen (secondary N) is 1. The van der Waals surface area contributed by atoms with Crippen molar-refractivity contribution in [3.8, 4) is 5.69 Å². The molecule has 1 N–H and O–H groups in total. The molecule has 8 heteroatoms. The molecule has 2 amide bonds. The van der Waals surface area contributed by atoms with E-state index >= 15 is 0 Å². The number of hydrogen-bond donors (Lipinski definition) is 1. The van der Waals surface area contributed by atoms with E-state index in [1.165, 1.54) is 0 Å².